The van der Waals surface area contributed by atoms with Gasteiger partial charge in [0.05, 0.1) is 10.5 Å². The van der Waals surface area contributed by atoms with Crippen molar-refractivity contribution in [3.05, 3.63) is 29.8 Å². The second-order valence-corrected chi connectivity index (χ2v) is 7.78. The summed E-state index contributed by atoms with van der Waals surface area (Å²) in [7, 11) is -4.21. The molecule has 0 saturated carbocycles. The third-order valence-corrected chi connectivity index (χ3v) is 4.54. The number of alkyl halides is 4. The lowest BCUT2D eigenvalue weighted by atomic mass is 10.2. The van der Waals surface area contributed by atoms with Gasteiger partial charge in [-0.1, -0.05) is 35.0 Å². The summed E-state index contributed by atoms with van der Waals surface area (Å²) in [5.74, 6) is 0. The number of halogens is 4. The molecule has 0 aliphatic heterocycles. The van der Waals surface area contributed by atoms with E-state index in [2.05, 4.69) is 20.7 Å². The van der Waals surface area contributed by atoms with Crippen molar-refractivity contribution in [2.24, 2.45) is 0 Å². The first-order valence-electron chi connectivity index (χ1n) is 5.86. The highest BCUT2D eigenvalue weighted by Crippen LogP contribution is 2.33. The number of rotatable bonds is 5. The van der Waals surface area contributed by atoms with Crippen LogP contribution in [0.25, 0.3) is 0 Å². The van der Waals surface area contributed by atoms with E-state index in [1.807, 2.05) is 6.92 Å². The van der Waals surface area contributed by atoms with Crippen molar-refractivity contribution in [2.75, 3.05) is 0 Å². The minimum Gasteiger partial charge on any atom is -0.208 e. The van der Waals surface area contributed by atoms with Gasteiger partial charge in [-0.05, 0) is 25.5 Å². The van der Waals surface area contributed by atoms with Gasteiger partial charge in [0, 0.05) is 10.9 Å². The van der Waals surface area contributed by atoms with E-state index < -0.39 is 32.7 Å². The second-order valence-electron chi connectivity index (χ2n) is 4.53. The van der Waals surface area contributed by atoms with Crippen LogP contribution in [-0.2, 0) is 16.2 Å². The summed E-state index contributed by atoms with van der Waals surface area (Å²) >= 11 is 3.27. The Morgan fingerprint density at radius 3 is 2.30 bits per heavy atom. The van der Waals surface area contributed by atoms with Crippen LogP contribution >= 0.6 is 15.9 Å². The van der Waals surface area contributed by atoms with E-state index in [-0.39, 0.29) is 4.83 Å². The topological polar surface area (TPSA) is 46.2 Å². The number of hydrogen-bond acceptors (Lipinski definition) is 2. The number of nitrogens with one attached hydrogen (secondary N) is 1. The molecule has 8 heteroatoms. The molecular weight excluding hydrogens is 359 g/mol. The van der Waals surface area contributed by atoms with E-state index in [4.69, 9.17) is 0 Å². The van der Waals surface area contributed by atoms with E-state index in [0.717, 1.165) is 18.2 Å². The van der Waals surface area contributed by atoms with Crippen molar-refractivity contribution in [3.63, 3.8) is 0 Å². The molecule has 1 N–H and O–H groups in total. The molecule has 0 amide bonds. The summed E-state index contributed by atoms with van der Waals surface area (Å²) in [6.07, 6.45) is -4.25. The van der Waals surface area contributed by atoms with Crippen LogP contribution < -0.4 is 4.72 Å². The predicted molar refractivity (Wildman–Crippen MR) is 74.2 cm³/mol. The van der Waals surface area contributed by atoms with Crippen LogP contribution in [-0.4, -0.2) is 19.3 Å². The van der Waals surface area contributed by atoms with Gasteiger partial charge in [-0.25, -0.2) is 13.1 Å². The fourth-order valence-electron chi connectivity index (χ4n) is 1.80. The molecule has 2 atom stereocenters. The van der Waals surface area contributed by atoms with E-state index in [0.29, 0.717) is 6.42 Å². The molecule has 1 aromatic carbocycles. The molecule has 0 aliphatic rings. The summed E-state index contributed by atoms with van der Waals surface area (Å²) in [6, 6.07) is 3.66. The SMILES string of the molecule is CC(Br)CC(C)NS(=O)(=O)c1ccccc1C(F)(F)F. The van der Waals surface area contributed by atoms with Crippen LogP contribution in [0.2, 0.25) is 0 Å². The van der Waals surface area contributed by atoms with Gasteiger partial charge < -0.3 is 0 Å². The van der Waals surface area contributed by atoms with Crippen LogP contribution in [0.15, 0.2) is 29.2 Å². The second kappa shape index (κ2) is 6.44. The van der Waals surface area contributed by atoms with Crippen molar-refractivity contribution >= 4 is 26.0 Å². The zero-order valence-electron chi connectivity index (χ0n) is 10.9. The van der Waals surface area contributed by atoms with Crippen LogP contribution in [0.1, 0.15) is 25.8 Å². The predicted octanol–water partition coefficient (Wildman–Crippen LogP) is 3.55. The third-order valence-electron chi connectivity index (χ3n) is 2.52. The van der Waals surface area contributed by atoms with Crippen molar-refractivity contribution in [1.82, 2.24) is 4.72 Å². The number of benzene rings is 1. The molecular formula is C12H15BrF3NO2S. The Balaban J connectivity index is 3.11. The molecule has 114 valence electrons. The van der Waals surface area contributed by atoms with Gasteiger partial charge in [-0.15, -0.1) is 0 Å². The lowest BCUT2D eigenvalue weighted by molar-refractivity contribution is -0.139. The van der Waals surface area contributed by atoms with Gasteiger partial charge in [0.25, 0.3) is 0 Å². The Morgan fingerprint density at radius 1 is 1.25 bits per heavy atom. The summed E-state index contributed by atoms with van der Waals surface area (Å²) in [5.41, 5.74) is -1.16. The number of hydrogen-bond donors (Lipinski definition) is 1. The smallest absolute Gasteiger partial charge is 0.208 e. The van der Waals surface area contributed by atoms with Gasteiger partial charge in [0.2, 0.25) is 10.0 Å². The molecule has 0 aromatic heterocycles. The van der Waals surface area contributed by atoms with Crippen molar-refractivity contribution < 1.29 is 21.6 Å². The molecule has 3 nitrogen and oxygen atoms in total. The van der Waals surface area contributed by atoms with Gasteiger partial charge in [0.15, 0.2) is 0 Å². The first-order valence-corrected chi connectivity index (χ1v) is 8.26. The molecule has 0 radical (unpaired) electrons. The highest BCUT2D eigenvalue weighted by atomic mass is 79.9. The Morgan fingerprint density at radius 2 is 1.80 bits per heavy atom. The summed E-state index contributed by atoms with van der Waals surface area (Å²) in [5, 5.41) is 0. The van der Waals surface area contributed by atoms with Crippen LogP contribution in [0.3, 0.4) is 0 Å². The van der Waals surface area contributed by atoms with E-state index in [1.54, 1.807) is 6.92 Å². The van der Waals surface area contributed by atoms with Crippen LogP contribution in [0, 0.1) is 0 Å². The van der Waals surface area contributed by atoms with Gasteiger partial charge >= 0.3 is 6.18 Å². The highest BCUT2D eigenvalue weighted by molar-refractivity contribution is 9.09. The largest absolute Gasteiger partial charge is 0.417 e. The fourth-order valence-corrected chi connectivity index (χ4v) is 3.84. The third kappa shape index (κ3) is 4.75. The molecule has 0 heterocycles. The Hall–Kier alpha value is -0.600. The fraction of sp³-hybridized carbons (Fsp3) is 0.500. The molecule has 0 bridgehead atoms. The maximum absolute atomic E-state index is 12.8. The first-order chi connectivity index (χ1) is 9.04. The molecule has 0 aliphatic carbocycles. The molecule has 0 fully saturated rings. The summed E-state index contributed by atoms with van der Waals surface area (Å²) < 4.78 is 64.9. The maximum Gasteiger partial charge on any atom is 0.417 e. The summed E-state index contributed by atoms with van der Waals surface area (Å²) in [6.45, 7) is 3.43. The Bertz CT molecular complexity index is 558. The lowest BCUT2D eigenvalue weighted by Gasteiger charge is -2.18. The van der Waals surface area contributed by atoms with Crippen molar-refractivity contribution in [1.29, 1.82) is 0 Å². The number of sulfonamides is 1. The normalized spacial score (nSPS) is 15.9. The zero-order valence-corrected chi connectivity index (χ0v) is 13.3. The van der Waals surface area contributed by atoms with E-state index in [1.165, 1.54) is 6.07 Å². The van der Waals surface area contributed by atoms with Crippen molar-refractivity contribution in [3.8, 4) is 0 Å². The molecule has 0 saturated heterocycles. The molecule has 20 heavy (non-hydrogen) atoms. The average Bonchev–Trinajstić information content (AvgIpc) is 2.25. The van der Waals surface area contributed by atoms with E-state index >= 15 is 0 Å². The quantitative estimate of drug-likeness (QED) is 0.802. The highest BCUT2D eigenvalue weighted by Gasteiger charge is 2.37. The first kappa shape index (κ1) is 17.5. The van der Waals surface area contributed by atoms with E-state index in [9.17, 15) is 21.6 Å². The Labute approximate surface area is 124 Å². The molecule has 1 aromatic rings. The van der Waals surface area contributed by atoms with Crippen LogP contribution in [0.5, 0.6) is 0 Å². The average molecular weight is 374 g/mol. The van der Waals surface area contributed by atoms with Crippen molar-refractivity contribution in [2.45, 2.75) is 42.2 Å². The van der Waals surface area contributed by atoms with Gasteiger partial charge in [-0.2, -0.15) is 13.2 Å². The van der Waals surface area contributed by atoms with Gasteiger partial charge in [-0.3, -0.25) is 0 Å². The maximum atomic E-state index is 12.8. The zero-order chi connectivity index (χ0) is 15.6. The minimum atomic E-state index is -4.71. The lowest BCUT2D eigenvalue weighted by Crippen LogP contribution is -2.35. The summed E-state index contributed by atoms with van der Waals surface area (Å²) in [4.78, 5) is -0.695. The molecule has 1 rings (SSSR count). The Kier molecular flexibility index (Phi) is 5.62. The van der Waals surface area contributed by atoms with Gasteiger partial charge in [0.1, 0.15) is 0 Å². The molecule has 0 spiro atoms. The molecule has 2 unspecified atom stereocenters. The monoisotopic (exact) mass is 373 g/mol. The minimum absolute atomic E-state index is 0.0538. The standard InChI is InChI=1S/C12H15BrF3NO2S/c1-8(13)7-9(2)17-20(18,19)11-6-4-3-5-10(11)12(14,15)16/h3-6,8-9,17H,7H2,1-2H3. The van der Waals surface area contributed by atoms with Crippen LogP contribution in [0.4, 0.5) is 13.2 Å².